The molecule has 0 bridgehead atoms. The number of hydrogen-bond acceptors (Lipinski definition) is 2. The molecule has 110 valence electrons. The molecule has 2 rings (SSSR count). The van der Waals surface area contributed by atoms with Crippen LogP contribution in [0.4, 0.5) is 0 Å². The topological polar surface area (TPSA) is 32.3 Å². The van der Waals surface area contributed by atoms with Crippen molar-refractivity contribution in [2.24, 2.45) is 0 Å². The zero-order chi connectivity index (χ0) is 14.5. The Balaban J connectivity index is 2.12. The van der Waals surface area contributed by atoms with Crippen molar-refractivity contribution >= 4 is 29.1 Å². The van der Waals surface area contributed by atoms with Gasteiger partial charge in [0.15, 0.2) is 0 Å². The summed E-state index contributed by atoms with van der Waals surface area (Å²) < 4.78 is 0. The second-order valence-corrected chi connectivity index (χ2v) is 6.08. The quantitative estimate of drug-likeness (QED) is 0.900. The molecule has 5 heteroatoms. The van der Waals surface area contributed by atoms with Crippen LogP contribution < -0.4 is 5.32 Å². The number of halogens is 2. The van der Waals surface area contributed by atoms with Gasteiger partial charge in [-0.25, -0.2) is 0 Å². The minimum atomic E-state index is 0.00458. The molecule has 0 aromatic heterocycles. The molecular formula is C15H20Cl2N2O. The van der Waals surface area contributed by atoms with E-state index in [0.29, 0.717) is 21.7 Å². The summed E-state index contributed by atoms with van der Waals surface area (Å²) in [6, 6.07) is 5.41. The van der Waals surface area contributed by atoms with Crippen molar-refractivity contribution in [2.45, 2.75) is 32.2 Å². The smallest absolute Gasteiger partial charge is 0.254 e. The minimum Gasteiger partial charge on any atom is -0.337 e. The van der Waals surface area contributed by atoms with Crippen molar-refractivity contribution < 1.29 is 4.79 Å². The van der Waals surface area contributed by atoms with E-state index in [4.69, 9.17) is 23.2 Å². The SMILES string of the molecule is CCCN(CC1CCCN1)C(=O)c1cc(Cl)cc(Cl)c1. The minimum absolute atomic E-state index is 0.00458. The normalized spacial score (nSPS) is 18.2. The van der Waals surface area contributed by atoms with Crippen LogP contribution in [0.1, 0.15) is 36.5 Å². The summed E-state index contributed by atoms with van der Waals surface area (Å²) in [6.45, 7) is 4.62. The second kappa shape index (κ2) is 7.30. The predicted molar refractivity (Wildman–Crippen MR) is 83.7 cm³/mol. The van der Waals surface area contributed by atoms with Gasteiger partial charge in [-0.05, 0) is 44.0 Å². The van der Waals surface area contributed by atoms with Crippen molar-refractivity contribution in [3.05, 3.63) is 33.8 Å². The summed E-state index contributed by atoms with van der Waals surface area (Å²) in [5, 5.41) is 4.42. The fraction of sp³-hybridized carbons (Fsp3) is 0.533. The molecule has 3 nitrogen and oxygen atoms in total. The molecule has 1 unspecified atom stereocenters. The van der Waals surface area contributed by atoms with Gasteiger partial charge in [0.05, 0.1) is 0 Å². The number of hydrogen-bond donors (Lipinski definition) is 1. The van der Waals surface area contributed by atoms with Gasteiger partial charge >= 0.3 is 0 Å². The number of nitrogens with one attached hydrogen (secondary N) is 1. The van der Waals surface area contributed by atoms with Gasteiger partial charge < -0.3 is 10.2 Å². The van der Waals surface area contributed by atoms with Crippen molar-refractivity contribution in [1.82, 2.24) is 10.2 Å². The third-order valence-electron chi connectivity index (χ3n) is 3.49. The molecule has 1 aliphatic rings. The van der Waals surface area contributed by atoms with Gasteiger partial charge in [0, 0.05) is 34.7 Å². The first-order chi connectivity index (χ1) is 9.60. The Morgan fingerprint density at radius 2 is 2.05 bits per heavy atom. The first kappa shape index (κ1) is 15.6. The van der Waals surface area contributed by atoms with Crippen molar-refractivity contribution in [1.29, 1.82) is 0 Å². The van der Waals surface area contributed by atoms with E-state index in [2.05, 4.69) is 12.2 Å². The summed E-state index contributed by atoms with van der Waals surface area (Å²) in [7, 11) is 0. The standard InChI is InChI=1S/C15H20Cl2N2O/c1-2-6-19(10-14-4-3-5-18-14)15(20)11-7-12(16)9-13(17)8-11/h7-9,14,18H,2-6,10H2,1H3. The average molecular weight is 315 g/mol. The third kappa shape index (κ3) is 4.11. The summed E-state index contributed by atoms with van der Waals surface area (Å²) in [5.41, 5.74) is 0.564. The Bertz CT molecular complexity index is 453. The maximum Gasteiger partial charge on any atom is 0.254 e. The lowest BCUT2D eigenvalue weighted by molar-refractivity contribution is 0.0742. The van der Waals surface area contributed by atoms with Crippen molar-refractivity contribution in [2.75, 3.05) is 19.6 Å². The number of benzene rings is 1. The fourth-order valence-electron chi connectivity index (χ4n) is 2.58. The molecule has 1 amide bonds. The first-order valence-corrected chi connectivity index (χ1v) is 7.84. The summed E-state index contributed by atoms with van der Waals surface area (Å²) in [5.74, 6) is 0.00458. The Morgan fingerprint density at radius 3 is 2.60 bits per heavy atom. The number of carbonyl (C=O) groups excluding carboxylic acids is 1. The van der Waals surface area contributed by atoms with Crippen LogP contribution >= 0.6 is 23.2 Å². The van der Waals surface area contributed by atoms with Crippen LogP contribution in [0.5, 0.6) is 0 Å². The number of carbonyl (C=O) groups is 1. The molecule has 1 aliphatic heterocycles. The monoisotopic (exact) mass is 314 g/mol. The van der Waals surface area contributed by atoms with E-state index in [1.807, 2.05) is 4.90 Å². The van der Waals surface area contributed by atoms with E-state index in [0.717, 1.165) is 32.5 Å². The summed E-state index contributed by atoms with van der Waals surface area (Å²) in [6.07, 6.45) is 3.25. The average Bonchev–Trinajstić information content (AvgIpc) is 2.89. The van der Waals surface area contributed by atoms with Gasteiger partial charge in [-0.15, -0.1) is 0 Å². The largest absolute Gasteiger partial charge is 0.337 e. The molecule has 0 saturated carbocycles. The van der Waals surface area contributed by atoms with E-state index in [1.165, 1.54) is 6.42 Å². The Hall–Kier alpha value is -0.770. The van der Waals surface area contributed by atoms with Crippen LogP contribution in [0.2, 0.25) is 10.0 Å². The first-order valence-electron chi connectivity index (χ1n) is 7.09. The lowest BCUT2D eigenvalue weighted by atomic mass is 10.1. The molecule has 1 saturated heterocycles. The highest BCUT2D eigenvalue weighted by Crippen LogP contribution is 2.21. The molecule has 20 heavy (non-hydrogen) atoms. The predicted octanol–water partition coefficient (Wildman–Crippen LogP) is 3.60. The highest BCUT2D eigenvalue weighted by molar-refractivity contribution is 6.35. The van der Waals surface area contributed by atoms with E-state index < -0.39 is 0 Å². The second-order valence-electron chi connectivity index (χ2n) is 5.20. The third-order valence-corrected chi connectivity index (χ3v) is 3.93. The van der Waals surface area contributed by atoms with Gasteiger partial charge in [-0.3, -0.25) is 4.79 Å². The number of nitrogens with zero attached hydrogens (tertiary/aromatic N) is 1. The zero-order valence-electron chi connectivity index (χ0n) is 11.7. The van der Waals surface area contributed by atoms with Gasteiger partial charge in [0.2, 0.25) is 0 Å². The molecule has 1 fully saturated rings. The molecule has 1 N–H and O–H groups in total. The molecule has 1 heterocycles. The van der Waals surface area contributed by atoms with E-state index >= 15 is 0 Å². The molecule has 0 aliphatic carbocycles. The molecule has 1 aromatic rings. The highest BCUT2D eigenvalue weighted by Gasteiger charge is 2.22. The van der Waals surface area contributed by atoms with Crippen LogP contribution in [-0.4, -0.2) is 36.5 Å². The van der Waals surface area contributed by atoms with Crippen molar-refractivity contribution in [3.8, 4) is 0 Å². The van der Waals surface area contributed by atoms with Crippen LogP contribution in [0.3, 0.4) is 0 Å². The lowest BCUT2D eigenvalue weighted by Crippen LogP contribution is -2.41. The van der Waals surface area contributed by atoms with Crippen LogP contribution in [-0.2, 0) is 0 Å². The van der Waals surface area contributed by atoms with Gasteiger partial charge in [0.25, 0.3) is 5.91 Å². The highest BCUT2D eigenvalue weighted by atomic mass is 35.5. The summed E-state index contributed by atoms with van der Waals surface area (Å²) >= 11 is 12.0. The van der Waals surface area contributed by atoms with Gasteiger partial charge in [-0.1, -0.05) is 30.1 Å². The molecular weight excluding hydrogens is 295 g/mol. The van der Waals surface area contributed by atoms with E-state index in [9.17, 15) is 4.79 Å². The van der Waals surface area contributed by atoms with Crippen LogP contribution in [0.25, 0.3) is 0 Å². The number of rotatable bonds is 5. The fourth-order valence-corrected chi connectivity index (χ4v) is 3.11. The van der Waals surface area contributed by atoms with E-state index in [1.54, 1.807) is 18.2 Å². The molecule has 0 radical (unpaired) electrons. The zero-order valence-corrected chi connectivity index (χ0v) is 13.2. The Morgan fingerprint density at radius 1 is 1.35 bits per heavy atom. The number of amides is 1. The Kier molecular flexibility index (Phi) is 5.70. The molecule has 0 spiro atoms. The molecule has 1 atom stereocenters. The maximum absolute atomic E-state index is 12.6. The maximum atomic E-state index is 12.6. The van der Waals surface area contributed by atoms with E-state index in [-0.39, 0.29) is 5.91 Å². The Labute approximate surface area is 130 Å². The summed E-state index contributed by atoms with van der Waals surface area (Å²) in [4.78, 5) is 14.5. The van der Waals surface area contributed by atoms with Crippen molar-refractivity contribution in [3.63, 3.8) is 0 Å². The van der Waals surface area contributed by atoms with Gasteiger partial charge in [-0.2, -0.15) is 0 Å². The lowest BCUT2D eigenvalue weighted by Gasteiger charge is -2.25. The molecule has 1 aromatic carbocycles. The van der Waals surface area contributed by atoms with Gasteiger partial charge in [0.1, 0.15) is 0 Å². The van der Waals surface area contributed by atoms with Crippen LogP contribution in [0, 0.1) is 0 Å². The van der Waals surface area contributed by atoms with Crippen LogP contribution in [0.15, 0.2) is 18.2 Å².